The fourth-order valence-electron chi connectivity index (χ4n) is 14.3. The molecule has 27 heteroatoms. The minimum atomic E-state index is -1.97. The highest BCUT2D eigenvalue weighted by Gasteiger charge is 2.50. The predicted octanol–water partition coefficient (Wildman–Crippen LogP) is -0.0841. The minimum Gasteiger partial charge on any atom is -0.504 e. The highest BCUT2D eigenvalue weighted by molar-refractivity contribution is 7.14. The zero-order valence-corrected chi connectivity index (χ0v) is 52.8. The van der Waals surface area contributed by atoms with Crippen LogP contribution in [0.5, 0.6) is 11.5 Å². The van der Waals surface area contributed by atoms with Crippen LogP contribution in [0, 0.1) is 17.8 Å². The van der Waals surface area contributed by atoms with Crippen molar-refractivity contribution >= 4 is 52.5 Å². The van der Waals surface area contributed by atoms with Gasteiger partial charge in [0.1, 0.15) is 40.2 Å². The number of carbonyl (C=O) groups excluding carboxylic acids is 6. The van der Waals surface area contributed by atoms with Gasteiger partial charge in [-0.3, -0.25) is 28.8 Å². The fraction of sp³-hybridized carbons (Fsp3) is 0.683. The Bertz CT molecular complexity index is 2940. The number of aromatic hydroxyl groups is 1. The molecule has 4 saturated heterocycles. The van der Waals surface area contributed by atoms with Gasteiger partial charge in [0.05, 0.1) is 55.4 Å². The van der Waals surface area contributed by atoms with Crippen LogP contribution in [-0.2, 0) is 39.9 Å². The second-order valence-corrected chi connectivity index (χ2v) is 26.8. The van der Waals surface area contributed by atoms with E-state index in [0.29, 0.717) is 11.5 Å². The smallest absolute Gasteiger partial charge is 0.248 e. The molecule has 14 N–H and O–H groups in total. The number of nitrogens with two attached hydrogens (primary N) is 1. The van der Waals surface area contributed by atoms with Gasteiger partial charge in [0.25, 0.3) is 0 Å². The van der Waals surface area contributed by atoms with Crippen molar-refractivity contribution in [3.05, 3.63) is 53.0 Å². The Morgan fingerprint density at radius 1 is 0.767 bits per heavy atom. The number of aliphatic hydroxyl groups excluding tert-OH is 6. The second-order valence-electron chi connectivity index (χ2n) is 25.8. The van der Waals surface area contributed by atoms with Gasteiger partial charge in [-0.25, -0.2) is 0 Å². The van der Waals surface area contributed by atoms with Crippen LogP contribution in [0.2, 0.25) is 0 Å². The Labute approximate surface area is 529 Å². The summed E-state index contributed by atoms with van der Waals surface area (Å²) in [6.07, 6.45) is 0.755. The molecule has 0 radical (unpaired) electrons. The van der Waals surface area contributed by atoms with Gasteiger partial charge in [0.2, 0.25) is 35.4 Å². The number of aromatic nitrogens is 2. The Morgan fingerprint density at radius 3 is 2.11 bits per heavy atom. The number of hydrogen-bond acceptors (Lipinski definition) is 21. The third-order valence-electron chi connectivity index (χ3n) is 19.7. The molecule has 3 aromatic rings. The zero-order valence-electron chi connectivity index (χ0n) is 52.0. The van der Waals surface area contributed by atoms with Crippen molar-refractivity contribution in [2.45, 2.75) is 195 Å². The zero-order chi connectivity index (χ0) is 64.6. The standard InChI is InChI=1S/C63H93N11O15S/c1-34-32-74-53(54(34)81)58(85)66-31-42(76)28-44(65-30-36-10-13-38(14-11-36)59-70-71-60(90-59)39-15-17-41(18-16-39)72-24-21-63(89-4,22-25-72)40-8-6-5-7-9-40)55(82)67-50(35(2)75)61(86)73-33-43(77)29-45(73)56(83)68-51(57(84)69-52(62(74)87)47(79)20-23-64)48(80)26-37-12-19-46(78)49(27-37)88-3/h12,15-19,27,34-36,38,40,42-45,47-48,50-54,65,75-81H,5-11,13-14,20-26,28-33,64H2,1-4H3,(H,66,85)(H,67,82)(H,68,83)(H,69,84)/t34-,35+,36?,38?,42+,43+,44?,45-,47+,48+,50-,51-,52-,53-,54-/m0/s1. The molecule has 4 aliphatic heterocycles. The van der Waals surface area contributed by atoms with Gasteiger partial charge in [0, 0.05) is 75.8 Å². The van der Waals surface area contributed by atoms with E-state index in [4.69, 9.17) is 15.2 Å². The van der Waals surface area contributed by atoms with Crippen LogP contribution in [0.15, 0.2) is 42.5 Å². The van der Waals surface area contributed by atoms with Gasteiger partial charge >= 0.3 is 0 Å². The SMILES string of the molecule is COc1cc(C[C@@H](O)[C@@H]2NC(=O)[C@@H]3C[C@@H](O)CN3C(=O)[C@H]([C@@H](C)O)NC(=O)C(NCC3CCC(c4nnc(-c5ccc(N6CCC(OC)(C7CCCCC7)CC6)cc5)s4)CC3)C[C@@H](O)CNC(=O)[C@@H]3[C@@H](O)[C@@H](C)CN3C(=O)[C@H]([C@H](O)CCN)NC2=O)ccc1O. The summed E-state index contributed by atoms with van der Waals surface area (Å²) in [4.78, 5) is 91.7. The Morgan fingerprint density at radius 2 is 1.44 bits per heavy atom. The topological polar surface area (TPSA) is 384 Å². The summed E-state index contributed by atoms with van der Waals surface area (Å²) in [5.74, 6) is -6.10. The number of methoxy groups -OCH3 is 2. The lowest BCUT2D eigenvalue weighted by Gasteiger charge is -2.47. The number of carbonyl (C=O) groups is 6. The van der Waals surface area contributed by atoms with E-state index in [1.54, 1.807) is 18.3 Å². The lowest BCUT2D eigenvalue weighted by Crippen LogP contribution is -2.64. The number of aliphatic hydroxyl groups is 6. The van der Waals surface area contributed by atoms with Gasteiger partial charge in [-0.05, 0) is 138 Å². The summed E-state index contributed by atoms with van der Waals surface area (Å²) in [5.41, 5.74) is 8.27. The van der Waals surface area contributed by atoms with Crippen LogP contribution in [0.4, 0.5) is 5.69 Å². The number of anilines is 1. The van der Waals surface area contributed by atoms with Crippen molar-refractivity contribution in [2.24, 2.45) is 23.5 Å². The number of phenols is 1. The predicted molar refractivity (Wildman–Crippen MR) is 332 cm³/mol. The van der Waals surface area contributed by atoms with Crippen molar-refractivity contribution in [2.75, 3.05) is 64.9 Å². The van der Waals surface area contributed by atoms with E-state index in [-0.39, 0.29) is 74.3 Å². The average Bonchev–Trinajstić information content (AvgIpc) is 1.64. The number of nitrogens with one attached hydrogen (secondary N) is 5. The third kappa shape index (κ3) is 15.8. The number of phenolic OH excluding ortho intramolecular Hbond substituents is 1. The maximum absolute atomic E-state index is 14.7. The van der Waals surface area contributed by atoms with Gasteiger partial charge < -0.3 is 92.2 Å². The van der Waals surface area contributed by atoms with E-state index >= 15 is 0 Å². The lowest BCUT2D eigenvalue weighted by atomic mass is 9.72. The molecule has 26 nitrogen and oxygen atoms in total. The van der Waals surface area contributed by atoms with Crippen LogP contribution in [-0.4, -0.2) is 230 Å². The maximum atomic E-state index is 14.7. The first kappa shape index (κ1) is 68.2. The first-order valence-corrected chi connectivity index (χ1v) is 32.8. The molecule has 0 bridgehead atoms. The number of nitrogens with zero attached hydrogens (tertiary/aromatic N) is 5. The molecule has 5 heterocycles. The highest BCUT2D eigenvalue weighted by Crippen LogP contribution is 2.43. The van der Waals surface area contributed by atoms with Crippen LogP contribution in [0.25, 0.3) is 10.6 Å². The van der Waals surface area contributed by atoms with Crippen LogP contribution >= 0.6 is 11.3 Å². The average molecular weight is 1280 g/mol. The molecule has 2 saturated carbocycles. The van der Waals surface area contributed by atoms with E-state index in [9.17, 15) is 64.5 Å². The van der Waals surface area contributed by atoms with Crippen molar-refractivity contribution in [3.63, 3.8) is 0 Å². The van der Waals surface area contributed by atoms with Crippen LogP contribution in [0.1, 0.15) is 120 Å². The normalized spacial score (nSPS) is 30.7. The molecule has 2 aliphatic carbocycles. The minimum absolute atomic E-state index is 0.0218. The molecule has 0 spiro atoms. The molecule has 496 valence electrons. The Balaban J connectivity index is 0.904. The van der Waals surface area contributed by atoms with Gasteiger partial charge in [0.15, 0.2) is 11.5 Å². The molecular weight excluding hydrogens is 1180 g/mol. The first-order valence-electron chi connectivity index (χ1n) is 32.0. The van der Waals surface area contributed by atoms with Crippen molar-refractivity contribution in [1.29, 1.82) is 0 Å². The van der Waals surface area contributed by atoms with E-state index in [1.165, 1.54) is 70.0 Å². The number of hydrogen-bond donors (Lipinski definition) is 13. The van der Waals surface area contributed by atoms with Gasteiger partial charge in [-0.1, -0.05) is 43.6 Å². The Hall–Kier alpha value is -6.14. The summed E-state index contributed by atoms with van der Waals surface area (Å²) in [6.45, 7) is 3.68. The summed E-state index contributed by atoms with van der Waals surface area (Å²) < 4.78 is 11.5. The van der Waals surface area contributed by atoms with E-state index in [2.05, 4.69) is 65.9 Å². The first-order chi connectivity index (χ1) is 43.1. The number of ether oxygens (including phenoxy) is 2. The maximum Gasteiger partial charge on any atom is 0.248 e. The number of amides is 6. The summed E-state index contributed by atoms with van der Waals surface area (Å²) in [6, 6.07) is 2.65. The summed E-state index contributed by atoms with van der Waals surface area (Å²) >= 11 is 1.58. The largest absolute Gasteiger partial charge is 0.504 e. The monoisotopic (exact) mass is 1280 g/mol. The highest BCUT2D eigenvalue weighted by atomic mass is 32.1. The number of benzene rings is 2. The lowest BCUT2D eigenvalue weighted by molar-refractivity contribution is -0.147. The van der Waals surface area contributed by atoms with E-state index < -0.39 is 127 Å². The quantitative estimate of drug-likeness (QED) is 0.0892. The van der Waals surface area contributed by atoms with E-state index in [1.807, 2.05) is 7.11 Å². The van der Waals surface area contributed by atoms with E-state index in [0.717, 1.165) is 77.0 Å². The molecule has 6 aliphatic rings. The van der Waals surface area contributed by atoms with Crippen molar-refractivity contribution in [1.82, 2.24) is 46.6 Å². The molecule has 13 atom stereocenters. The molecule has 6 fully saturated rings. The van der Waals surface area contributed by atoms with Crippen LogP contribution < -0.4 is 42.0 Å². The number of fused-ring (bicyclic) bond motifs is 2. The van der Waals surface area contributed by atoms with Crippen molar-refractivity contribution in [3.8, 4) is 22.1 Å². The number of rotatable bonds is 16. The number of β-amino-alcohol motifs (C(OH)–C–C–N with tert-alkyl or cyclic N) is 1. The second kappa shape index (κ2) is 30.5. The molecule has 2 aromatic carbocycles. The van der Waals surface area contributed by atoms with Gasteiger partial charge in [-0.2, -0.15) is 0 Å². The fourth-order valence-corrected chi connectivity index (χ4v) is 15.3. The Kier molecular flexibility index (Phi) is 23.1. The number of piperidine rings is 1. The molecule has 1 aromatic heterocycles. The summed E-state index contributed by atoms with van der Waals surface area (Å²) in [7, 11) is 3.19. The van der Waals surface area contributed by atoms with Crippen LogP contribution in [0.3, 0.4) is 0 Å². The third-order valence-corrected chi connectivity index (χ3v) is 20.9. The molecule has 1 unspecified atom stereocenters. The molecule has 6 amide bonds. The summed E-state index contributed by atoms with van der Waals surface area (Å²) in [5, 5.41) is 103. The molecule has 90 heavy (non-hydrogen) atoms. The van der Waals surface area contributed by atoms with Crippen molar-refractivity contribution < 1.29 is 74.0 Å². The molecular formula is C63H93N11O15S. The molecule has 9 rings (SSSR count). The van der Waals surface area contributed by atoms with Gasteiger partial charge in [-0.15, -0.1) is 10.2 Å².